The molecular formula is C19H34N2O4. The molecule has 1 atom stereocenters. The van der Waals surface area contributed by atoms with Crippen LogP contribution in [0.5, 0.6) is 0 Å². The Hall–Kier alpha value is -1.14. The van der Waals surface area contributed by atoms with E-state index in [-0.39, 0.29) is 17.8 Å². The van der Waals surface area contributed by atoms with E-state index in [0.717, 1.165) is 45.7 Å². The zero-order valence-electron chi connectivity index (χ0n) is 15.9. The van der Waals surface area contributed by atoms with E-state index in [1.165, 1.54) is 26.4 Å². The van der Waals surface area contributed by atoms with Crippen molar-refractivity contribution < 1.29 is 19.1 Å². The molecule has 25 heavy (non-hydrogen) atoms. The summed E-state index contributed by atoms with van der Waals surface area (Å²) in [6.07, 6.45) is 6.72. The van der Waals surface area contributed by atoms with Crippen molar-refractivity contribution in [2.24, 2.45) is 11.8 Å². The monoisotopic (exact) mass is 354 g/mol. The lowest BCUT2D eigenvalue weighted by Gasteiger charge is -2.32. The molecule has 1 amide bonds. The summed E-state index contributed by atoms with van der Waals surface area (Å²) in [6, 6.07) is 0. The molecule has 1 unspecified atom stereocenters. The quantitative estimate of drug-likeness (QED) is 0.624. The molecule has 0 bridgehead atoms. The van der Waals surface area contributed by atoms with E-state index >= 15 is 0 Å². The first kappa shape index (κ1) is 20.2. The molecule has 6 heteroatoms. The van der Waals surface area contributed by atoms with Crippen molar-refractivity contribution in [3.05, 3.63) is 0 Å². The average Bonchev–Trinajstić information content (AvgIpc) is 2.65. The molecule has 0 radical (unpaired) electrons. The van der Waals surface area contributed by atoms with Crippen LogP contribution in [0.1, 0.15) is 45.4 Å². The maximum atomic E-state index is 12.9. The van der Waals surface area contributed by atoms with E-state index in [2.05, 4.69) is 4.90 Å². The summed E-state index contributed by atoms with van der Waals surface area (Å²) in [4.78, 5) is 28.8. The number of carbonyl (C=O) groups is 2. The summed E-state index contributed by atoms with van der Waals surface area (Å²) in [7, 11) is 1.40. The minimum Gasteiger partial charge on any atom is -0.469 e. The zero-order valence-corrected chi connectivity index (χ0v) is 15.9. The van der Waals surface area contributed by atoms with Gasteiger partial charge < -0.3 is 14.4 Å². The molecule has 144 valence electrons. The van der Waals surface area contributed by atoms with E-state index in [1.54, 1.807) is 0 Å². The Morgan fingerprint density at radius 2 is 1.88 bits per heavy atom. The lowest BCUT2D eigenvalue weighted by Crippen LogP contribution is -2.45. The van der Waals surface area contributed by atoms with Gasteiger partial charge in [0.1, 0.15) is 0 Å². The number of hydrogen-bond acceptors (Lipinski definition) is 5. The predicted octanol–water partition coefficient (Wildman–Crippen LogP) is 1.93. The number of ether oxygens (including phenoxy) is 2. The van der Waals surface area contributed by atoms with Crippen molar-refractivity contribution in [2.45, 2.75) is 45.4 Å². The SMILES string of the molecule is COC(=O)C(C)CN(CCN1CCOCC1)C(=O)CC1CCCCC1. The van der Waals surface area contributed by atoms with Crippen molar-refractivity contribution >= 4 is 11.9 Å². The van der Waals surface area contributed by atoms with E-state index in [4.69, 9.17) is 9.47 Å². The first-order chi connectivity index (χ1) is 12.1. The van der Waals surface area contributed by atoms with Crippen LogP contribution in [0.25, 0.3) is 0 Å². The smallest absolute Gasteiger partial charge is 0.310 e. The van der Waals surface area contributed by atoms with Gasteiger partial charge in [-0.25, -0.2) is 0 Å². The van der Waals surface area contributed by atoms with Crippen LogP contribution in [0.15, 0.2) is 0 Å². The highest BCUT2D eigenvalue weighted by atomic mass is 16.5. The van der Waals surface area contributed by atoms with Gasteiger partial charge in [-0.15, -0.1) is 0 Å². The summed E-state index contributed by atoms with van der Waals surface area (Å²) >= 11 is 0. The number of rotatable bonds is 8. The Bertz CT molecular complexity index is 418. The van der Waals surface area contributed by atoms with Gasteiger partial charge in [-0.05, 0) is 18.8 Å². The third-order valence-electron chi connectivity index (χ3n) is 5.43. The van der Waals surface area contributed by atoms with E-state index in [0.29, 0.717) is 25.4 Å². The van der Waals surface area contributed by atoms with Crippen molar-refractivity contribution in [3.63, 3.8) is 0 Å². The van der Waals surface area contributed by atoms with Crippen LogP contribution in [0.4, 0.5) is 0 Å². The summed E-state index contributed by atoms with van der Waals surface area (Å²) < 4.78 is 10.2. The molecule has 0 aromatic rings. The fourth-order valence-electron chi connectivity index (χ4n) is 3.78. The maximum Gasteiger partial charge on any atom is 0.310 e. The first-order valence-electron chi connectivity index (χ1n) is 9.76. The highest BCUT2D eigenvalue weighted by molar-refractivity contribution is 5.78. The predicted molar refractivity (Wildman–Crippen MR) is 96.2 cm³/mol. The van der Waals surface area contributed by atoms with Crippen molar-refractivity contribution in [2.75, 3.05) is 53.0 Å². The van der Waals surface area contributed by atoms with Gasteiger partial charge in [0.05, 0.1) is 26.2 Å². The second-order valence-corrected chi connectivity index (χ2v) is 7.43. The largest absolute Gasteiger partial charge is 0.469 e. The molecule has 1 saturated heterocycles. The Morgan fingerprint density at radius 1 is 1.20 bits per heavy atom. The van der Waals surface area contributed by atoms with Crippen LogP contribution in [-0.4, -0.2) is 74.7 Å². The number of nitrogens with zero attached hydrogens (tertiary/aromatic N) is 2. The van der Waals surface area contributed by atoms with Gasteiger partial charge in [0.25, 0.3) is 0 Å². The number of hydrogen-bond donors (Lipinski definition) is 0. The number of esters is 1. The lowest BCUT2D eigenvalue weighted by molar-refractivity contribution is -0.146. The molecule has 1 aliphatic heterocycles. The summed E-state index contributed by atoms with van der Waals surface area (Å²) in [6.45, 7) is 7.14. The Labute approximate surface area is 151 Å². The van der Waals surface area contributed by atoms with E-state index in [9.17, 15) is 9.59 Å². The number of methoxy groups -OCH3 is 1. The number of amides is 1. The van der Waals surface area contributed by atoms with Crippen LogP contribution in [0.2, 0.25) is 0 Å². The Kier molecular flexibility index (Phi) is 8.68. The van der Waals surface area contributed by atoms with Crippen molar-refractivity contribution in [1.29, 1.82) is 0 Å². The van der Waals surface area contributed by atoms with Gasteiger partial charge in [-0.2, -0.15) is 0 Å². The van der Waals surface area contributed by atoms with Gasteiger partial charge in [-0.3, -0.25) is 14.5 Å². The summed E-state index contributed by atoms with van der Waals surface area (Å²) in [5.41, 5.74) is 0. The van der Waals surface area contributed by atoms with E-state index < -0.39 is 0 Å². The topological polar surface area (TPSA) is 59.1 Å². The Balaban J connectivity index is 1.89. The van der Waals surface area contributed by atoms with Crippen LogP contribution < -0.4 is 0 Å². The second-order valence-electron chi connectivity index (χ2n) is 7.43. The van der Waals surface area contributed by atoms with Gasteiger partial charge in [-0.1, -0.05) is 26.2 Å². The molecule has 1 aliphatic carbocycles. The van der Waals surface area contributed by atoms with Gasteiger partial charge in [0, 0.05) is 39.1 Å². The van der Waals surface area contributed by atoms with Crippen molar-refractivity contribution in [1.82, 2.24) is 9.80 Å². The molecule has 2 aliphatic rings. The minimum absolute atomic E-state index is 0.191. The van der Waals surface area contributed by atoms with Gasteiger partial charge in [0.2, 0.25) is 5.91 Å². The van der Waals surface area contributed by atoms with Crippen molar-refractivity contribution in [3.8, 4) is 0 Å². The molecule has 2 fully saturated rings. The molecule has 2 rings (SSSR count). The Morgan fingerprint density at radius 3 is 2.52 bits per heavy atom. The molecule has 0 aromatic carbocycles. The summed E-state index contributed by atoms with van der Waals surface area (Å²) in [5.74, 6) is 0.170. The molecule has 0 aromatic heterocycles. The highest BCUT2D eigenvalue weighted by Gasteiger charge is 2.25. The third-order valence-corrected chi connectivity index (χ3v) is 5.43. The van der Waals surface area contributed by atoms with Gasteiger partial charge in [0.15, 0.2) is 0 Å². The average molecular weight is 354 g/mol. The molecule has 6 nitrogen and oxygen atoms in total. The second kappa shape index (κ2) is 10.8. The fraction of sp³-hybridized carbons (Fsp3) is 0.895. The minimum atomic E-state index is -0.287. The van der Waals surface area contributed by atoms with E-state index in [1.807, 2.05) is 11.8 Å². The highest BCUT2D eigenvalue weighted by Crippen LogP contribution is 2.27. The standard InChI is InChI=1S/C19H34N2O4/c1-16(19(23)24-2)15-21(9-8-20-10-12-25-13-11-20)18(22)14-17-6-4-3-5-7-17/h16-17H,3-15H2,1-2H3. The third kappa shape index (κ3) is 6.94. The van der Waals surface area contributed by atoms with Crippen LogP contribution >= 0.6 is 0 Å². The normalized spacial score (nSPS) is 20.9. The first-order valence-corrected chi connectivity index (χ1v) is 9.76. The van der Waals surface area contributed by atoms with Crippen LogP contribution in [0, 0.1) is 11.8 Å². The lowest BCUT2D eigenvalue weighted by atomic mass is 9.86. The van der Waals surface area contributed by atoms with Gasteiger partial charge >= 0.3 is 5.97 Å². The number of carbonyl (C=O) groups excluding carboxylic acids is 2. The molecule has 1 saturated carbocycles. The molecular weight excluding hydrogens is 320 g/mol. The maximum absolute atomic E-state index is 12.9. The van der Waals surface area contributed by atoms with Crippen LogP contribution in [0.3, 0.4) is 0 Å². The molecule has 1 heterocycles. The zero-order chi connectivity index (χ0) is 18.1. The van der Waals surface area contributed by atoms with Crippen LogP contribution in [-0.2, 0) is 19.1 Å². The molecule has 0 spiro atoms. The number of morpholine rings is 1. The fourth-order valence-corrected chi connectivity index (χ4v) is 3.78. The summed E-state index contributed by atoms with van der Waals surface area (Å²) in [5, 5.41) is 0. The molecule has 0 N–H and O–H groups in total.